The molecule has 0 aliphatic rings. The molecule has 0 aliphatic heterocycles. The lowest BCUT2D eigenvalue weighted by Crippen LogP contribution is -2.42. The minimum Gasteiger partial charge on any atom is -0.391 e. The number of hydrogen-bond acceptors (Lipinski definition) is 5. The van der Waals surface area contributed by atoms with Gasteiger partial charge in [0.2, 0.25) is 0 Å². The monoisotopic (exact) mass is 238 g/mol. The molecule has 1 unspecified atom stereocenters. The SMILES string of the molecule is CCCc1c(N)ncnc1NC(C)(C)C(C)O. The second-order valence-corrected chi connectivity index (χ2v) is 4.86. The van der Waals surface area contributed by atoms with Gasteiger partial charge in [0.05, 0.1) is 11.6 Å². The molecule has 5 heteroatoms. The molecule has 4 N–H and O–H groups in total. The molecule has 5 nitrogen and oxygen atoms in total. The van der Waals surface area contributed by atoms with E-state index in [0.717, 1.165) is 18.4 Å². The van der Waals surface area contributed by atoms with Gasteiger partial charge in [-0.25, -0.2) is 9.97 Å². The number of hydrogen-bond donors (Lipinski definition) is 3. The Labute approximate surface area is 102 Å². The summed E-state index contributed by atoms with van der Waals surface area (Å²) in [6, 6.07) is 0. The van der Waals surface area contributed by atoms with Crippen molar-refractivity contribution >= 4 is 11.6 Å². The van der Waals surface area contributed by atoms with Crippen molar-refractivity contribution in [3.05, 3.63) is 11.9 Å². The number of nitrogens with one attached hydrogen (secondary N) is 1. The summed E-state index contributed by atoms with van der Waals surface area (Å²) >= 11 is 0. The summed E-state index contributed by atoms with van der Waals surface area (Å²) in [7, 11) is 0. The number of rotatable bonds is 5. The number of aliphatic hydroxyl groups is 1. The molecule has 17 heavy (non-hydrogen) atoms. The van der Waals surface area contributed by atoms with Gasteiger partial charge < -0.3 is 16.2 Å². The highest BCUT2D eigenvalue weighted by atomic mass is 16.3. The number of anilines is 2. The van der Waals surface area contributed by atoms with E-state index in [4.69, 9.17) is 5.73 Å². The Balaban J connectivity index is 3.02. The van der Waals surface area contributed by atoms with Crippen LogP contribution in [0.25, 0.3) is 0 Å². The van der Waals surface area contributed by atoms with Crippen molar-refractivity contribution in [1.82, 2.24) is 9.97 Å². The molecule has 96 valence electrons. The molecular weight excluding hydrogens is 216 g/mol. The third kappa shape index (κ3) is 3.30. The summed E-state index contributed by atoms with van der Waals surface area (Å²) in [5.74, 6) is 1.22. The van der Waals surface area contributed by atoms with E-state index in [1.165, 1.54) is 6.33 Å². The molecular formula is C12H22N4O. The van der Waals surface area contributed by atoms with E-state index >= 15 is 0 Å². The highest BCUT2D eigenvalue weighted by Gasteiger charge is 2.25. The fourth-order valence-corrected chi connectivity index (χ4v) is 1.44. The predicted octanol–water partition coefficient (Wildman–Crippen LogP) is 1.58. The average Bonchev–Trinajstić information content (AvgIpc) is 2.22. The topological polar surface area (TPSA) is 84.1 Å². The van der Waals surface area contributed by atoms with E-state index in [-0.39, 0.29) is 0 Å². The van der Waals surface area contributed by atoms with Crippen LogP contribution in [0.3, 0.4) is 0 Å². The zero-order valence-corrected chi connectivity index (χ0v) is 11.0. The maximum absolute atomic E-state index is 9.69. The number of nitrogens with two attached hydrogens (primary N) is 1. The molecule has 0 amide bonds. The lowest BCUT2D eigenvalue weighted by Gasteiger charge is -2.30. The Bertz CT molecular complexity index is 377. The van der Waals surface area contributed by atoms with Crippen molar-refractivity contribution < 1.29 is 5.11 Å². The van der Waals surface area contributed by atoms with Gasteiger partial charge in [0.25, 0.3) is 0 Å². The van der Waals surface area contributed by atoms with Crippen LogP contribution in [0.5, 0.6) is 0 Å². The first-order valence-corrected chi connectivity index (χ1v) is 5.94. The largest absolute Gasteiger partial charge is 0.391 e. The molecule has 0 bridgehead atoms. The quantitative estimate of drug-likeness (QED) is 0.725. The molecule has 0 radical (unpaired) electrons. The average molecular weight is 238 g/mol. The zero-order valence-electron chi connectivity index (χ0n) is 11.0. The van der Waals surface area contributed by atoms with Crippen LogP contribution in [0.15, 0.2) is 6.33 Å². The summed E-state index contributed by atoms with van der Waals surface area (Å²) in [4.78, 5) is 8.21. The van der Waals surface area contributed by atoms with Gasteiger partial charge >= 0.3 is 0 Å². The van der Waals surface area contributed by atoms with E-state index in [2.05, 4.69) is 22.2 Å². The summed E-state index contributed by atoms with van der Waals surface area (Å²) in [5, 5.41) is 12.9. The fourth-order valence-electron chi connectivity index (χ4n) is 1.44. The van der Waals surface area contributed by atoms with Gasteiger partial charge in [-0.3, -0.25) is 0 Å². The van der Waals surface area contributed by atoms with Gasteiger partial charge in [-0.1, -0.05) is 13.3 Å². The molecule has 1 atom stereocenters. The first-order chi connectivity index (χ1) is 7.88. The molecule has 0 fully saturated rings. The van der Waals surface area contributed by atoms with Gasteiger partial charge in [-0.05, 0) is 27.2 Å². The van der Waals surface area contributed by atoms with E-state index in [9.17, 15) is 5.11 Å². The van der Waals surface area contributed by atoms with Crippen molar-refractivity contribution in [3.8, 4) is 0 Å². The zero-order chi connectivity index (χ0) is 13.1. The highest BCUT2D eigenvalue weighted by molar-refractivity contribution is 5.56. The molecule has 1 aromatic rings. The number of aromatic nitrogens is 2. The lowest BCUT2D eigenvalue weighted by molar-refractivity contribution is 0.133. The summed E-state index contributed by atoms with van der Waals surface area (Å²) in [5.41, 5.74) is 6.31. The van der Waals surface area contributed by atoms with E-state index in [0.29, 0.717) is 11.6 Å². The highest BCUT2D eigenvalue weighted by Crippen LogP contribution is 2.23. The second kappa shape index (κ2) is 5.31. The molecule has 0 spiro atoms. The molecule has 1 aromatic heterocycles. The van der Waals surface area contributed by atoms with Crippen molar-refractivity contribution in [2.24, 2.45) is 0 Å². The van der Waals surface area contributed by atoms with Gasteiger partial charge in [0.15, 0.2) is 0 Å². The first kappa shape index (κ1) is 13.7. The van der Waals surface area contributed by atoms with Crippen molar-refractivity contribution in [2.45, 2.75) is 52.2 Å². The minimum absolute atomic E-state index is 0.455. The summed E-state index contributed by atoms with van der Waals surface area (Å²) in [6.07, 6.45) is 2.74. The van der Waals surface area contributed by atoms with Crippen molar-refractivity contribution in [3.63, 3.8) is 0 Å². The van der Waals surface area contributed by atoms with Crippen molar-refractivity contribution in [1.29, 1.82) is 0 Å². The van der Waals surface area contributed by atoms with E-state index in [1.54, 1.807) is 6.92 Å². The van der Waals surface area contributed by atoms with Crippen molar-refractivity contribution in [2.75, 3.05) is 11.1 Å². The van der Waals surface area contributed by atoms with Gasteiger partial charge in [0, 0.05) is 5.56 Å². The van der Waals surface area contributed by atoms with Gasteiger partial charge in [-0.2, -0.15) is 0 Å². The van der Waals surface area contributed by atoms with Crippen LogP contribution in [0, 0.1) is 0 Å². The molecule has 0 saturated carbocycles. The normalized spacial score (nSPS) is 13.5. The maximum atomic E-state index is 9.69. The smallest absolute Gasteiger partial charge is 0.135 e. The third-order valence-electron chi connectivity index (χ3n) is 2.96. The third-order valence-corrected chi connectivity index (χ3v) is 2.96. The van der Waals surface area contributed by atoms with Crippen LogP contribution in [0.1, 0.15) is 39.7 Å². The standard InChI is InChI=1S/C12H22N4O/c1-5-6-9-10(13)14-7-15-11(9)16-12(3,4)8(2)17/h7-8,17H,5-6H2,1-4H3,(H3,13,14,15,16). The molecule has 1 rings (SSSR count). The van der Waals surface area contributed by atoms with Crippen LogP contribution in [0.4, 0.5) is 11.6 Å². The second-order valence-electron chi connectivity index (χ2n) is 4.86. The number of aliphatic hydroxyl groups excluding tert-OH is 1. The van der Waals surface area contributed by atoms with Gasteiger partial charge in [-0.15, -0.1) is 0 Å². The van der Waals surface area contributed by atoms with Crippen LogP contribution in [-0.4, -0.2) is 26.7 Å². The Morgan fingerprint density at radius 2 is 2.12 bits per heavy atom. The molecule has 0 aliphatic carbocycles. The maximum Gasteiger partial charge on any atom is 0.135 e. The number of nitrogen functional groups attached to an aromatic ring is 1. The molecule has 1 heterocycles. The van der Waals surface area contributed by atoms with Crippen LogP contribution >= 0.6 is 0 Å². The molecule has 0 saturated heterocycles. The number of nitrogens with zero attached hydrogens (tertiary/aromatic N) is 2. The Hall–Kier alpha value is -1.36. The van der Waals surface area contributed by atoms with E-state index < -0.39 is 11.6 Å². The Morgan fingerprint density at radius 3 is 2.65 bits per heavy atom. The summed E-state index contributed by atoms with van der Waals surface area (Å²) < 4.78 is 0. The molecule has 0 aromatic carbocycles. The van der Waals surface area contributed by atoms with Gasteiger partial charge in [0.1, 0.15) is 18.0 Å². The van der Waals surface area contributed by atoms with Crippen LogP contribution in [-0.2, 0) is 6.42 Å². The Morgan fingerprint density at radius 1 is 1.47 bits per heavy atom. The predicted molar refractivity (Wildman–Crippen MR) is 69.8 cm³/mol. The summed E-state index contributed by atoms with van der Waals surface area (Å²) in [6.45, 7) is 7.67. The lowest BCUT2D eigenvalue weighted by atomic mass is 9.98. The minimum atomic E-state index is -0.492. The Kier molecular flexibility index (Phi) is 4.28. The fraction of sp³-hybridized carbons (Fsp3) is 0.667. The van der Waals surface area contributed by atoms with E-state index in [1.807, 2.05) is 13.8 Å². The first-order valence-electron chi connectivity index (χ1n) is 5.94. The van der Waals surface area contributed by atoms with Crippen LogP contribution in [0.2, 0.25) is 0 Å². The van der Waals surface area contributed by atoms with Crippen LogP contribution < -0.4 is 11.1 Å².